The Morgan fingerprint density at radius 2 is 1.89 bits per heavy atom. The Labute approximate surface area is 112 Å². The summed E-state index contributed by atoms with van der Waals surface area (Å²) >= 11 is 0. The highest BCUT2D eigenvalue weighted by Gasteiger charge is 2.46. The number of amides is 2. The van der Waals surface area contributed by atoms with Gasteiger partial charge in [0.1, 0.15) is 12.3 Å². The number of methoxy groups -OCH3 is 1. The van der Waals surface area contributed by atoms with E-state index < -0.39 is 17.8 Å². The van der Waals surface area contributed by atoms with Gasteiger partial charge in [-0.3, -0.25) is 9.80 Å². The molecule has 0 aromatic rings. The topological polar surface area (TPSA) is 59.1 Å². The highest BCUT2D eigenvalue weighted by molar-refractivity contribution is 5.74. The first-order chi connectivity index (χ1) is 8.83. The highest BCUT2D eigenvalue weighted by Crippen LogP contribution is 2.31. The zero-order valence-corrected chi connectivity index (χ0v) is 11.8. The molecule has 1 aliphatic carbocycles. The Balaban J connectivity index is 2.11. The quantitative estimate of drug-likeness (QED) is 0.630. The molecule has 0 aromatic carbocycles. The van der Waals surface area contributed by atoms with Gasteiger partial charge < -0.3 is 9.47 Å². The summed E-state index contributed by atoms with van der Waals surface area (Å²) in [5.74, 6) is 0. The molecule has 19 heavy (non-hydrogen) atoms. The van der Waals surface area contributed by atoms with Crippen LogP contribution in [0.2, 0.25) is 0 Å². The molecule has 6 nitrogen and oxygen atoms in total. The lowest BCUT2D eigenvalue weighted by molar-refractivity contribution is 0.0209. The van der Waals surface area contributed by atoms with E-state index in [-0.39, 0.29) is 18.8 Å². The van der Waals surface area contributed by atoms with Gasteiger partial charge in [-0.25, -0.2) is 9.59 Å². The van der Waals surface area contributed by atoms with Gasteiger partial charge in [-0.05, 0) is 27.2 Å². The van der Waals surface area contributed by atoms with E-state index >= 15 is 0 Å². The largest absolute Gasteiger partial charge is 0.453 e. The number of carbonyl (C=O) groups excluding carboxylic acids is 2. The summed E-state index contributed by atoms with van der Waals surface area (Å²) in [6, 6.07) is -0.158. The number of carbonyl (C=O) groups is 2. The molecule has 106 valence electrons. The monoisotopic (exact) mass is 268 g/mol. The van der Waals surface area contributed by atoms with Crippen LogP contribution in [0.4, 0.5) is 9.59 Å². The van der Waals surface area contributed by atoms with Gasteiger partial charge in [-0.15, -0.1) is 0 Å². The predicted molar refractivity (Wildman–Crippen MR) is 68.5 cm³/mol. The average Bonchev–Trinajstić information content (AvgIpc) is 2.85. The number of ether oxygens (including phenoxy) is 2. The zero-order valence-electron chi connectivity index (χ0n) is 11.8. The Hall–Kier alpha value is -1.72. The van der Waals surface area contributed by atoms with Gasteiger partial charge in [-0.1, -0.05) is 12.2 Å². The van der Waals surface area contributed by atoms with Crippen LogP contribution in [0.5, 0.6) is 0 Å². The fourth-order valence-corrected chi connectivity index (χ4v) is 2.42. The molecular weight excluding hydrogens is 248 g/mol. The smallest absolute Gasteiger partial charge is 0.412 e. The zero-order chi connectivity index (χ0) is 14.2. The second-order valence-corrected chi connectivity index (χ2v) is 5.75. The summed E-state index contributed by atoms with van der Waals surface area (Å²) in [5.41, 5.74) is -0.544. The van der Waals surface area contributed by atoms with Crippen LogP contribution in [0.25, 0.3) is 0 Å². The summed E-state index contributed by atoms with van der Waals surface area (Å²) in [7, 11) is 1.34. The van der Waals surface area contributed by atoms with Crippen molar-refractivity contribution < 1.29 is 19.1 Å². The molecule has 2 amide bonds. The van der Waals surface area contributed by atoms with Crippen LogP contribution in [-0.4, -0.2) is 53.4 Å². The van der Waals surface area contributed by atoms with E-state index in [4.69, 9.17) is 9.47 Å². The molecule has 0 radical (unpaired) electrons. The lowest BCUT2D eigenvalue weighted by atomic mass is 10.1. The molecule has 1 saturated heterocycles. The van der Waals surface area contributed by atoms with Crippen molar-refractivity contribution in [3.63, 3.8) is 0 Å². The Bertz CT molecular complexity index is 413. The second kappa shape index (κ2) is 4.75. The molecule has 1 aliphatic heterocycles. The van der Waals surface area contributed by atoms with Crippen molar-refractivity contribution in [3.05, 3.63) is 12.2 Å². The molecule has 0 aromatic heterocycles. The minimum Gasteiger partial charge on any atom is -0.453 e. The van der Waals surface area contributed by atoms with Crippen molar-refractivity contribution in [2.24, 2.45) is 0 Å². The molecule has 0 saturated carbocycles. The molecule has 1 heterocycles. The van der Waals surface area contributed by atoms with E-state index in [1.54, 1.807) is 4.90 Å². The summed E-state index contributed by atoms with van der Waals surface area (Å²) < 4.78 is 10.1. The molecule has 2 aliphatic rings. The molecular formula is C13H20N2O4. The summed E-state index contributed by atoms with van der Waals surface area (Å²) in [6.07, 6.45) is 3.83. The minimum absolute atomic E-state index is 0.0473. The van der Waals surface area contributed by atoms with Crippen LogP contribution in [-0.2, 0) is 9.47 Å². The van der Waals surface area contributed by atoms with Crippen molar-refractivity contribution >= 4 is 12.2 Å². The number of rotatable bonds is 0. The number of fused-ring (bicyclic) bond motifs is 1. The Kier molecular flexibility index (Phi) is 3.43. The Morgan fingerprint density at radius 1 is 1.21 bits per heavy atom. The first-order valence-electron chi connectivity index (χ1n) is 6.34. The summed E-state index contributed by atoms with van der Waals surface area (Å²) in [6.45, 7) is 5.68. The fraction of sp³-hybridized carbons (Fsp3) is 0.692. The SMILES string of the molecule is COC(=O)N1CN(C(=O)OC(C)(C)C)[C@@H]2CC=C[C@@H]21. The van der Waals surface area contributed by atoms with Crippen molar-refractivity contribution in [2.75, 3.05) is 13.8 Å². The lowest BCUT2D eigenvalue weighted by Gasteiger charge is -2.27. The van der Waals surface area contributed by atoms with E-state index in [9.17, 15) is 9.59 Å². The fourth-order valence-electron chi connectivity index (χ4n) is 2.42. The number of nitrogens with zero attached hydrogens (tertiary/aromatic N) is 2. The third-order valence-corrected chi connectivity index (χ3v) is 3.21. The van der Waals surface area contributed by atoms with Crippen LogP contribution >= 0.6 is 0 Å². The summed E-state index contributed by atoms with van der Waals surface area (Å²) in [4.78, 5) is 27.0. The van der Waals surface area contributed by atoms with Crippen molar-refractivity contribution in [3.8, 4) is 0 Å². The molecule has 0 spiro atoms. The second-order valence-electron chi connectivity index (χ2n) is 5.75. The van der Waals surface area contributed by atoms with E-state index in [1.807, 2.05) is 32.9 Å². The highest BCUT2D eigenvalue weighted by atomic mass is 16.6. The van der Waals surface area contributed by atoms with Gasteiger partial charge in [0.25, 0.3) is 0 Å². The van der Waals surface area contributed by atoms with E-state index in [2.05, 4.69) is 0 Å². The maximum atomic E-state index is 12.2. The van der Waals surface area contributed by atoms with Gasteiger partial charge in [0, 0.05) is 0 Å². The van der Waals surface area contributed by atoms with Crippen LogP contribution in [0.3, 0.4) is 0 Å². The van der Waals surface area contributed by atoms with Gasteiger partial charge in [-0.2, -0.15) is 0 Å². The molecule has 6 heteroatoms. The summed E-state index contributed by atoms with van der Waals surface area (Å²) in [5, 5.41) is 0. The van der Waals surface area contributed by atoms with Gasteiger partial charge in [0.2, 0.25) is 0 Å². The molecule has 0 bridgehead atoms. The van der Waals surface area contributed by atoms with Gasteiger partial charge >= 0.3 is 12.2 Å². The minimum atomic E-state index is -0.544. The average molecular weight is 268 g/mol. The predicted octanol–water partition coefficient (Wildman–Crippen LogP) is 1.96. The molecule has 2 atom stereocenters. The first kappa shape index (κ1) is 13.7. The van der Waals surface area contributed by atoms with Crippen molar-refractivity contribution in [2.45, 2.75) is 44.9 Å². The number of hydrogen-bond donors (Lipinski definition) is 0. The number of hydrogen-bond acceptors (Lipinski definition) is 4. The van der Waals surface area contributed by atoms with Gasteiger partial charge in [0.15, 0.2) is 0 Å². The Morgan fingerprint density at radius 3 is 2.47 bits per heavy atom. The maximum absolute atomic E-state index is 12.2. The van der Waals surface area contributed by atoms with E-state index in [0.29, 0.717) is 0 Å². The lowest BCUT2D eigenvalue weighted by Crippen LogP contribution is -2.41. The molecule has 1 fully saturated rings. The van der Waals surface area contributed by atoms with Crippen LogP contribution in [0.15, 0.2) is 12.2 Å². The third-order valence-electron chi connectivity index (χ3n) is 3.21. The maximum Gasteiger partial charge on any atom is 0.412 e. The molecule has 0 N–H and O–H groups in total. The normalized spacial score (nSPS) is 25.5. The van der Waals surface area contributed by atoms with Crippen LogP contribution in [0.1, 0.15) is 27.2 Å². The first-order valence-corrected chi connectivity index (χ1v) is 6.34. The van der Waals surface area contributed by atoms with Crippen molar-refractivity contribution in [1.82, 2.24) is 9.80 Å². The molecule has 0 unspecified atom stereocenters. The van der Waals surface area contributed by atoms with Gasteiger partial charge in [0.05, 0.1) is 19.2 Å². The van der Waals surface area contributed by atoms with E-state index in [0.717, 1.165) is 6.42 Å². The van der Waals surface area contributed by atoms with Crippen LogP contribution in [0, 0.1) is 0 Å². The molecule has 2 rings (SSSR count). The standard InChI is InChI=1S/C13H20N2O4/c1-13(2,3)19-12(17)15-8-14(11(16)18-4)9-6-5-7-10(9)15/h5-6,9-10H,7-8H2,1-4H3/t9-,10+/m0/s1. The van der Waals surface area contributed by atoms with Crippen molar-refractivity contribution in [1.29, 1.82) is 0 Å². The van der Waals surface area contributed by atoms with Crippen LogP contribution < -0.4 is 0 Å². The van der Waals surface area contributed by atoms with E-state index in [1.165, 1.54) is 12.0 Å². The third kappa shape index (κ3) is 2.67.